The van der Waals surface area contributed by atoms with Crippen LogP contribution in [0.1, 0.15) is 19.8 Å². The van der Waals surface area contributed by atoms with E-state index >= 15 is 0 Å². The Kier molecular flexibility index (Phi) is 3.89. The summed E-state index contributed by atoms with van der Waals surface area (Å²) in [6.07, 6.45) is 1.91. The number of carbonyl (C=O) groups excluding carboxylic acids is 1. The SMILES string of the molecule is CC(O)CN(C)CC(=O)N(C)C1CC1. The van der Waals surface area contributed by atoms with Crippen LogP contribution in [0.4, 0.5) is 0 Å². The van der Waals surface area contributed by atoms with E-state index in [1.807, 2.05) is 23.9 Å². The molecule has 1 fully saturated rings. The molecule has 1 atom stereocenters. The van der Waals surface area contributed by atoms with Gasteiger partial charge in [0.1, 0.15) is 0 Å². The van der Waals surface area contributed by atoms with E-state index in [1.165, 1.54) is 0 Å². The third-order valence-electron chi connectivity index (χ3n) is 2.47. The second-order valence-corrected chi connectivity index (χ2v) is 4.28. The molecule has 1 saturated carbocycles. The molecule has 0 aromatic heterocycles. The first kappa shape index (κ1) is 11.5. The van der Waals surface area contributed by atoms with Crippen molar-refractivity contribution < 1.29 is 9.90 Å². The lowest BCUT2D eigenvalue weighted by atomic mass is 10.3. The fraction of sp³-hybridized carbons (Fsp3) is 0.900. The van der Waals surface area contributed by atoms with Crippen molar-refractivity contribution in [2.75, 3.05) is 27.2 Å². The van der Waals surface area contributed by atoms with Crippen molar-refractivity contribution in [1.82, 2.24) is 9.80 Å². The molecule has 82 valence electrons. The summed E-state index contributed by atoms with van der Waals surface area (Å²) in [5.74, 6) is 0.149. The van der Waals surface area contributed by atoms with Crippen LogP contribution in [-0.4, -0.2) is 60.1 Å². The highest BCUT2D eigenvalue weighted by molar-refractivity contribution is 5.78. The highest BCUT2D eigenvalue weighted by Gasteiger charge is 2.29. The summed E-state index contributed by atoms with van der Waals surface area (Å²) in [4.78, 5) is 15.3. The lowest BCUT2D eigenvalue weighted by Crippen LogP contribution is -2.39. The maximum Gasteiger partial charge on any atom is 0.236 e. The summed E-state index contributed by atoms with van der Waals surface area (Å²) in [7, 11) is 3.71. The van der Waals surface area contributed by atoms with Crippen LogP contribution < -0.4 is 0 Å². The Morgan fingerprint density at radius 3 is 2.50 bits per heavy atom. The van der Waals surface area contributed by atoms with Crippen molar-refractivity contribution in [2.45, 2.75) is 31.9 Å². The monoisotopic (exact) mass is 200 g/mol. The number of hydrogen-bond acceptors (Lipinski definition) is 3. The normalized spacial score (nSPS) is 18.4. The summed E-state index contributed by atoms with van der Waals surface area (Å²) in [6.45, 7) is 2.67. The molecular weight excluding hydrogens is 180 g/mol. The van der Waals surface area contributed by atoms with E-state index in [0.29, 0.717) is 19.1 Å². The Hall–Kier alpha value is -0.610. The summed E-state index contributed by atoms with van der Waals surface area (Å²) in [6, 6.07) is 0.474. The molecule has 0 saturated heterocycles. The van der Waals surface area contributed by atoms with E-state index < -0.39 is 0 Å². The quantitative estimate of drug-likeness (QED) is 0.675. The Morgan fingerprint density at radius 1 is 1.50 bits per heavy atom. The third kappa shape index (κ3) is 3.64. The lowest BCUT2D eigenvalue weighted by molar-refractivity contribution is -0.131. The first-order valence-corrected chi connectivity index (χ1v) is 5.13. The van der Waals surface area contributed by atoms with E-state index in [9.17, 15) is 4.79 Å². The van der Waals surface area contributed by atoms with E-state index in [2.05, 4.69) is 0 Å². The van der Waals surface area contributed by atoms with Gasteiger partial charge in [-0.15, -0.1) is 0 Å². The Morgan fingerprint density at radius 2 is 2.07 bits per heavy atom. The second-order valence-electron chi connectivity index (χ2n) is 4.28. The zero-order chi connectivity index (χ0) is 10.7. The van der Waals surface area contributed by atoms with Crippen molar-refractivity contribution in [3.63, 3.8) is 0 Å². The molecule has 14 heavy (non-hydrogen) atoms. The Labute approximate surface area is 85.5 Å². The molecule has 1 aliphatic rings. The summed E-state index contributed by atoms with van der Waals surface area (Å²) in [5, 5.41) is 9.13. The van der Waals surface area contributed by atoms with E-state index in [0.717, 1.165) is 12.8 Å². The van der Waals surface area contributed by atoms with E-state index in [4.69, 9.17) is 5.11 Å². The predicted molar refractivity (Wildman–Crippen MR) is 55.0 cm³/mol. The first-order chi connectivity index (χ1) is 6.50. The number of aliphatic hydroxyl groups is 1. The molecule has 0 heterocycles. The molecule has 0 spiro atoms. The maximum atomic E-state index is 11.6. The highest BCUT2D eigenvalue weighted by Crippen LogP contribution is 2.25. The van der Waals surface area contributed by atoms with Gasteiger partial charge in [0.2, 0.25) is 5.91 Å². The van der Waals surface area contributed by atoms with Crippen LogP contribution in [0.3, 0.4) is 0 Å². The number of likely N-dealkylation sites (N-methyl/N-ethyl adjacent to an activating group) is 2. The Bertz CT molecular complexity index is 202. The number of nitrogens with zero attached hydrogens (tertiary/aromatic N) is 2. The zero-order valence-electron chi connectivity index (χ0n) is 9.23. The number of hydrogen-bond donors (Lipinski definition) is 1. The molecule has 4 heteroatoms. The first-order valence-electron chi connectivity index (χ1n) is 5.13. The molecule has 1 rings (SSSR count). The van der Waals surface area contributed by atoms with Gasteiger partial charge in [-0.2, -0.15) is 0 Å². The van der Waals surface area contributed by atoms with Crippen LogP contribution in [0, 0.1) is 0 Å². The maximum absolute atomic E-state index is 11.6. The smallest absolute Gasteiger partial charge is 0.236 e. The second kappa shape index (κ2) is 4.75. The van der Waals surface area contributed by atoms with Crippen LogP contribution in [0.25, 0.3) is 0 Å². The molecule has 0 radical (unpaired) electrons. The van der Waals surface area contributed by atoms with Crippen molar-refractivity contribution >= 4 is 5.91 Å². The average Bonchev–Trinajstić information content (AvgIpc) is 2.83. The summed E-state index contributed by atoms with van der Waals surface area (Å²) >= 11 is 0. The molecule has 1 amide bonds. The number of aliphatic hydroxyl groups excluding tert-OH is 1. The molecule has 1 aliphatic carbocycles. The molecule has 4 nitrogen and oxygen atoms in total. The van der Waals surface area contributed by atoms with Crippen molar-refractivity contribution in [1.29, 1.82) is 0 Å². The van der Waals surface area contributed by atoms with Gasteiger partial charge in [0.15, 0.2) is 0 Å². The van der Waals surface area contributed by atoms with Gasteiger partial charge in [0, 0.05) is 19.6 Å². The largest absolute Gasteiger partial charge is 0.392 e. The molecule has 0 aliphatic heterocycles. The number of rotatable bonds is 5. The molecule has 1 unspecified atom stereocenters. The van der Waals surface area contributed by atoms with Crippen molar-refractivity contribution in [2.24, 2.45) is 0 Å². The van der Waals surface area contributed by atoms with E-state index in [1.54, 1.807) is 6.92 Å². The minimum Gasteiger partial charge on any atom is -0.392 e. The zero-order valence-corrected chi connectivity index (χ0v) is 9.23. The van der Waals surface area contributed by atoms with Gasteiger partial charge < -0.3 is 10.0 Å². The van der Waals surface area contributed by atoms with Crippen molar-refractivity contribution in [3.05, 3.63) is 0 Å². The standard InChI is InChI=1S/C10H20N2O2/c1-8(13)6-11(2)7-10(14)12(3)9-4-5-9/h8-9,13H,4-7H2,1-3H3. The van der Waals surface area contributed by atoms with Gasteiger partial charge in [-0.1, -0.05) is 0 Å². The minimum atomic E-state index is -0.376. The molecule has 0 aromatic rings. The van der Waals surface area contributed by atoms with Crippen LogP contribution >= 0.6 is 0 Å². The highest BCUT2D eigenvalue weighted by atomic mass is 16.3. The van der Waals surface area contributed by atoms with Crippen LogP contribution in [-0.2, 0) is 4.79 Å². The summed E-state index contributed by atoms with van der Waals surface area (Å²) in [5.41, 5.74) is 0. The van der Waals surface area contributed by atoms with E-state index in [-0.39, 0.29) is 12.0 Å². The average molecular weight is 200 g/mol. The lowest BCUT2D eigenvalue weighted by Gasteiger charge is -2.22. The Balaban J connectivity index is 2.24. The molecule has 1 N–H and O–H groups in total. The van der Waals surface area contributed by atoms with Gasteiger partial charge in [-0.3, -0.25) is 9.69 Å². The van der Waals surface area contributed by atoms with Gasteiger partial charge in [0.05, 0.1) is 12.6 Å². The topological polar surface area (TPSA) is 43.8 Å². The van der Waals surface area contributed by atoms with Crippen LogP contribution in [0.2, 0.25) is 0 Å². The summed E-state index contributed by atoms with van der Waals surface area (Å²) < 4.78 is 0. The van der Waals surface area contributed by atoms with Gasteiger partial charge in [0.25, 0.3) is 0 Å². The van der Waals surface area contributed by atoms with Gasteiger partial charge in [-0.25, -0.2) is 0 Å². The minimum absolute atomic E-state index is 0.149. The van der Waals surface area contributed by atoms with Crippen molar-refractivity contribution in [3.8, 4) is 0 Å². The fourth-order valence-corrected chi connectivity index (χ4v) is 1.52. The fourth-order valence-electron chi connectivity index (χ4n) is 1.52. The number of carbonyl (C=O) groups is 1. The molecule has 0 bridgehead atoms. The van der Waals surface area contributed by atoms with Gasteiger partial charge >= 0.3 is 0 Å². The molecular formula is C10H20N2O2. The van der Waals surface area contributed by atoms with Crippen LogP contribution in [0.15, 0.2) is 0 Å². The third-order valence-corrected chi connectivity index (χ3v) is 2.47. The molecule has 0 aromatic carbocycles. The van der Waals surface area contributed by atoms with Crippen LogP contribution in [0.5, 0.6) is 0 Å². The predicted octanol–water partition coefficient (Wildman–Crippen LogP) is -0.0802. The van der Waals surface area contributed by atoms with Gasteiger partial charge in [-0.05, 0) is 26.8 Å². The number of amides is 1.